The minimum atomic E-state index is 0. The minimum absolute atomic E-state index is 0. The van der Waals surface area contributed by atoms with Crippen LogP contribution in [-0.2, 0) is 7.05 Å². The average Bonchev–Trinajstić information content (AvgIpc) is 2.32. The second-order valence-electron chi connectivity index (χ2n) is 2.76. The molecule has 0 saturated carbocycles. The summed E-state index contributed by atoms with van der Waals surface area (Å²) in [5.41, 5.74) is 2.62. The van der Waals surface area contributed by atoms with Gasteiger partial charge in [0.2, 0.25) is 0 Å². The summed E-state index contributed by atoms with van der Waals surface area (Å²) in [6, 6.07) is 6.50. The summed E-state index contributed by atoms with van der Waals surface area (Å²) < 4.78 is 2.05. The normalized spacial score (nSPS) is 10.5. The van der Waals surface area contributed by atoms with E-state index in [1.807, 2.05) is 7.05 Å². The van der Waals surface area contributed by atoms with Crippen LogP contribution in [0.4, 0.5) is 0 Å². The third-order valence-corrected chi connectivity index (χ3v) is 2.81. The Bertz CT molecular complexity index is 394. The molecule has 2 aromatic rings. The first-order valence-electron chi connectivity index (χ1n) is 3.58. The fourth-order valence-electron chi connectivity index (χ4n) is 1.19. The van der Waals surface area contributed by atoms with E-state index in [-0.39, 0.29) is 18.9 Å². The van der Waals surface area contributed by atoms with Crippen molar-refractivity contribution in [3.05, 3.63) is 29.7 Å². The molecule has 0 aliphatic carbocycles. The summed E-state index contributed by atoms with van der Waals surface area (Å²) in [7, 11) is 3.24. The summed E-state index contributed by atoms with van der Waals surface area (Å²) in [6.45, 7) is 2.12. The summed E-state index contributed by atoms with van der Waals surface area (Å²) in [5, 5.41) is 1.37. The van der Waals surface area contributed by atoms with Gasteiger partial charge >= 0.3 is 18.9 Å². The van der Waals surface area contributed by atoms with Crippen LogP contribution in [0.5, 0.6) is 0 Å². The fraction of sp³-hybridized carbons (Fsp3) is 0.222. The van der Waals surface area contributed by atoms with Crippen molar-refractivity contribution in [3.8, 4) is 0 Å². The predicted molar refractivity (Wildman–Crippen MR) is 49.0 cm³/mol. The zero-order valence-corrected chi connectivity index (χ0v) is 8.52. The molecule has 3 heteroatoms. The van der Waals surface area contributed by atoms with E-state index in [1.54, 1.807) is 0 Å². The van der Waals surface area contributed by atoms with Crippen LogP contribution < -0.4 is 18.9 Å². The van der Waals surface area contributed by atoms with Crippen molar-refractivity contribution in [2.45, 2.75) is 6.92 Å². The van der Waals surface area contributed by atoms with Crippen LogP contribution in [0, 0.1) is 12.9 Å². The Morgan fingerprint density at radius 2 is 2.17 bits per heavy atom. The number of fused-ring (bicyclic) bond motifs is 1. The van der Waals surface area contributed by atoms with Gasteiger partial charge in [-0.05, 0) is 14.0 Å². The van der Waals surface area contributed by atoms with Gasteiger partial charge in [0.05, 0.1) is 0 Å². The van der Waals surface area contributed by atoms with Gasteiger partial charge < -0.3 is 4.57 Å². The molecule has 0 amide bonds. The first kappa shape index (κ1) is 9.87. The minimum Gasteiger partial charge on any atom is -0.462 e. The van der Waals surface area contributed by atoms with Crippen LogP contribution in [0.2, 0.25) is 0 Å². The summed E-state index contributed by atoms with van der Waals surface area (Å²) in [5.74, 6) is 3.22. The molecule has 0 radical (unpaired) electrons. The van der Waals surface area contributed by atoms with E-state index < -0.39 is 0 Å². The standard InChI is InChI=1S/C9H9NP.Li/c1-7-3-4-8-9(5-7)11-6-10(8)2;/h3-5H,1-2H3;/q-1;+1. The molecule has 0 spiro atoms. The molecular weight excluding hydrogens is 160 g/mol. The molecule has 12 heavy (non-hydrogen) atoms. The molecule has 1 heterocycles. The molecule has 1 aromatic heterocycles. The van der Waals surface area contributed by atoms with Crippen LogP contribution >= 0.6 is 8.19 Å². The Kier molecular flexibility index (Phi) is 3.02. The Balaban J connectivity index is 0.000000720. The second kappa shape index (κ2) is 3.67. The number of aromatic nitrogens is 1. The van der Waals surface area contributed by atoms with E-state index in [0.29, 0.717) is 0 Å². The smallest absolute Gasteiger partial charge is 0.462 e. The largest absolute Gasteiger partial charge is 1.00 e. The van der Waals surface area contributed by atoms with Crippen molar-refractivity contribution in [1.82, 2.24) is 4.57 Å². The van der Waals surface area contributed by atoms with Gasteiger partial charge in [0, 0.05) is 0 Å². The molecule has 0 unspecified atom stereocenters. The second-order valence-corrected chi connectivity index (χ2v) is 3.67. The van der Waals surface area contributed by atoms with Crippen LogP contribution in [0.25, 0.3) is 10.6 Å². The Morgan fingerprint density at radius 1 is 1.42 bits per heavy atom. The molecule has 1 nitrogen and oxygen atoms in total. The zero-order valence-electron chi connectivity index (χ0n) is 7.63. The average molecular weight is 169 g/mol. The quantitative estimate of drug-likeness (QED) is 0.382. The molecule has 0 atom stereocenters. The molecule has 0 N–H and O–H groups in total. The van der Waals surface area contributed by atoms with E-state index in [9.17, 15) is 0 Å². The molecule has 0 fully saturated rings. The van der Waals surface area contributed by atoms with Gasteiger partial charge in [-0.2, -0.15) is 0 Å². The van der Waals surface area contributed by atoms with Crippen LogP contribution in [0.1, 0.15) is 5.56 Å². The Hall–Kier alpha value is -0.213. The van der Waals surface area contributed by atoms with Crippen molar-refractivity contribution in [3.63, 3.8) is 0 Å². The van der Waals surface area contributed by atoms with E-state index in [1.165, 1.54) is 24.4 Å². The molecule has 0 aliphatic rings. The van der Waals surface area contributed by atoms with E-state index >= 15 is 0 Å². The van der Waals surface area contributed by atoms with E-state index in [0.717, 1.165) is 0 Å². The third-order valence-electron chi connectivity index (χ3n) is 1.81. The van der Waals surface area contributed by atoms with Crippen molar-refractivity contribution >= 4 is 18.8 Å². The van der Waals surface area contributed by atoms with Crippen molar-refractivity contribution in [1.29, 1.82) is 0 Å². The Labute approximate surface area is 86.1 Å². The Morgan fingerprint density at radius 3 is 2.92 bits per heavy atom. The number of hydrogen-bond donors (Lipinski definition) is 0. The summed E-state index contributed by atoms with van der Waals surface area (Å²) in [6.07, 6.45) is 0. The maximum Gasteiger partial charge on any atom is 1.00 e. The summed E-state index contributed by atoms with van der Waals surface area (Å²) >= 11 is 0. The van der Waals surface area contributed by atoms with E-state index in [2.05, 4.69) is 35.6 Å². The SMILES string of the molecule is Cc1ccc2c(c1)p[c-]n2C.[Li+]. The van der Waals surface area contributed by atoms with E-state index in [4.69, 9.17) is 0 Å². The van der Waals surface area contributed by atoms with Gasteiger partial charge in [0.15, 0.2) is 0 Å². The van der Waals surface area contributed by atoms with Crippen LogP contribution in [-0.4, -0.2) is 4.57 Å². The molecule has 0 aliphatic heterocycles. The fourth-order valence-corrected chi connectivity index (χ4v) is 2.16. The molecule has 0 bridgehead atoms. The van der Waals surface area contributed by atoms with Gasteiger partial charge in [0.25, 0.3) is 0 Å². The topological polar surface area (TPSA) is 4.93 Å². The first-order valence-corrected chi connectivity index (χ1v) is 4.47. The number of rotatable bonds is 0. The monoisotopic (exact) mass is 169 g/mol. The maximum atomic E-state index is 3.22. The van der Waals surface area contributed by atoms with Crippen molar-refractivity contribution in [2.24, 2.45) is 7.05 Å². The number of nitrogens with zero attached hydrogens (tertiary/aromatic N) is 1. The van der Waals surface area contributed by atoms with Gasteiger partial charge in [0.1, 0.15) is 0 Å². The molecule has 2 rings (SSSR count). The molecule has 1 aromatic carbocycles. The van der Waals surface area contributed by atoms with Gasteiger partial charge in [-0.15, -0.1) is 22.8 Å². The van der Waals surface area contributed by atoms with Crippen molar-refractivity contribution in [2.75, 3.05) is 0 Å². The first-order chi connectivity index (χ1) is 5.27. The van der Waals surface area contributed by atoms with Crippen LogP contribution in [0.3, 0.4) is 0 Å². The van der Waals surface area contributed by atoms with Crippen LogP contribution in [0.15, 0.2) is 18.2 Å². The van der Waals surface area contributed by atoms with Gasteiger partial charge in [-0.25, -0.2) is 8.19 Å². The van der Waals surface area contributed by atoms with Gasteiger partial charge in [-0.1, -0.05) is 17.6 Å². The molecule has 0 saturated heterocycles. The number of hydrogen-bond acceptors (Lipinski definition) is 0. The van der Waals surface area contributed by atoms with Gasteiger partial charge in [-0.3, -0.25) is 0 Å². The van der Waals surface area contributed by atoms with Crippen molar-refractivity contribution < 1.29 is 18.9 Å². The maximum absolute atomic E-state index is 3.22. The molecular formula is C9H9LiNP. The zero-order chi connectivity index (χ0) is 7.84. The summed E-state index contributed by atoms with van der Waals surface area (Å²) in [4.78, 5) is 0. The number of aryl methyl sites for hydroxylation is 2. The predicted octanol–water partition coefficient (Wildman–Crippen LogP) is -0.129. The molecule has 56 valence electrons. The number of benzene rings is 1. The third kappa shape index (κ3) is 1.59.